The van der Waals surface area contributed by atoms with Gasteiger partial charge in [-0.2, -0.15) is 8.78 Å². The van der Waals surface area contributed by atoms with Gasteiger partial charge in [-0.15, -0.1) is 0 Å². The fourth-order valence-electron chi connectivity index (χ4n) is 6.03. The molecule has 1 aliphatic rings. The zero-order valence-electron chi connectivity index (χ0n) is 25.5. The van der Waals surface area contributed by atoms with Crippen LogP contribution in [-0.2, 0) is 11.2 Å². The number of rotatable bonds is 16. The van der Waals surface area contributed by atoms with Crippen molar-refractivity contribution in [3.8, 4) is 16.9 Å². The third-order valence-corrected chi connectivity index (χ3v) is 8.71. The summed E-state index contributed by atoms with van der Waals surface area (Å²) in [5.41, 5.74) is -4.86. The van der Waals surface area contributed by atoms with Crippen molar-refractivity contribution in [2.75, 3.05) is 0 Å². The lowest BCUT2D eigenvalue weighted by Gasteiger charge is -2.27. The highest BCUT2D eigenvalue weighted by Crippen LogP contribution is 2.41. The summed E-state index contributed by atoms with van der Waals surface area (Å²) in [5, 5.41) is 0. The molecule has 0 aromatic heterocycles. The first-order valence-corrected chi connectivity index (χ1v) is 16.0. The second-order valence-electron chi connectivity index (χ2n) is 11.9. The topological polar surface area (TPSA) is 26.3 Å². The SMILES string of the molecule is CCCCCCCCc1c(F)c(F)c(-c2c(F)c(F)c(OC(=O)[C@H]3CC[C@H](CCCCCCC)CC3)c(F)c2F)c(F)c1F. The van der Waals surface area contributed by atoms with E-state index >= 15 is 8.78 Å². The molecule has 0 N–H and O–H groups in total. The number of hydrogen-bond donors (Lipinski definition) is 0. The van der Waals surface area contributed by atoms with E-state index in [-0.39, 0.29) is 12.8 Å². The first-order chi connectivity index (χ1) is 21.0. The van der Waals surface area contributed by atoms with Crippen LogP contribution >= 0.6 is 0 Å². The Morgan fingerprint density at radius 2 is 1.00 bits per heavy atom. The average molecular weight is 635 g/mol. The number of carbonyl (C=O) groups is 1. The van der Waals surface area contributed by atoms with Gasteiger partial charge in [0.25, 0.3) is 0 Å². The van der Waals surface area contributed by atoms with Crippen LogP contribution in [0.2, 0.25) is 0 Å². The van der Waals surface area contributed by atoms with Crippen LogP contribution < -0.4 is 4.74 Å². The van der Waals surface area contributed by atoms with Gasteiger partial charge in [0.1, 0.15) is 0 Å². The van der Waals surface area contributed by atoms with Crippen LogP contribution in [0.15, 0.2) is 0 Å². The van der Waals surface area contributed by atoms with E-state index in [1.165, 1.54) is 6.42 Å². The van der Waals surface area contributed by atoms with Crippen LogP contribution in [0, 0.1) is 58.4 Å². The molecule has 0 unspecified atom stereocenters. The standard InChI is InChI=1S/C34H42F8O2/c1-3-5-7-9-11-13-15-22-25(35)27(37)23(28(38)26(22)36)24-29(39)31(41)33(32(42)30(24)40)44-34(43)21-18-16-20(17-19-21)14-12-10-8-6-4-2/h20-21H,3-19H2,1-2H3/t20-,21-. The quantitative estimate of drug-likeness (QED) is 0.0604. The zero-order valence-corrected chi connectivity index (χ0v) is 25.5. The smallest absolute Gasteiger partial charge is 0.314 e. The van der Waals surface area contributed by atoms with Crippen LogP contribution in [0.3, 0.4) is 0 Å². The monoisotopic (exact) mass is 634 g/mol. The van der Waals surface area contributed by atoms with Crippen molar-refractivity contribution in [2.45, 2.75) is 123 Å². The Morgan fingerprint density at radius 3 is 1.50 bits per heavy atom. The van der Waals surface area contributed by atoms with Crippen molar-refractivity contribution in [3.05, 3.63) is 52.1 Å². The molecule has 0 heterocycles. The molecule has 2 aromatic carbocycles. The molecule has 0 radical (unpaired) electrons. The highest BCUT2D eigenvalue weighted by atomic mass is 19.2. The predicted molar refractivity (Wildman–Crippen MR) is 153 cm³/mol. The summed E-state index contributed by atoms with van der Waals surface area (Å²) >= 11 is 0. The molecule has 1 aliphatic carbocycles. The van der Waals surface area contributed by atoms with E-state index in [9.17, 15) is 31.1 Å². The Balaban J connectivity index is 1.76. The summed E-state index contributed by atoms with van der Waals surface area (Å²) < 4.78 is 124. The molecule has 0 amide bonds. The maximum absolute atomic E-state index is 15.1. The summed E-state index contributed by atoms with van der Waals surface area (Å²) in [6, 6.07) is 0. The summed E-state index contributed by atoms with van der Waals surface area (Å²) in [7, 11) is 0. The second-order valence-corrected chi connectivity index (χ2v) is 11.9. The van der Waals surface area contributed by atoms with E-state index in [2.05, 4.69) is 6.92 Å². The van der Waals surface area contributed by atoms with Crippen molar-refractivity contribution in [1.82, 2.24) is 0 Å². The number of carbonyl (C=O) groups excluding carboxylic acids is 1. The molecule has 2 aromatic rings. The molecule has 1 saturated carbocycles. The maximum atomic E-state index is 15.1. The van der Waals surface area contributed by atoms with Gasteiger partial charge in [0, 0.05) is 5.56 Å². The highest BCUT2D eigenvalue weighted by molar-refractivity contribution is 5.76. The molecule has 10 heteroatoms. The summed E-state index contributed by atoms with van der Waals surface area (Å²) in [6.45, 7) is 4.14. The first-order valence-electron chi connectivity index (χ1n) is 16.0. The molecule has 246 valence electrons. The van der Waals surface area contributed by atoms with Gasteiger partial charge in [0.05, 0.1) is 17.0 Å². The van der Waals surface area contributed by atoms with Crippen molar-refractivity contribution >= 4 is 5.97 Å². The number of unbranched alkanes of at least 4 members (excludes halogenated alkanes) is 9. The van der Waals surface area contributed by atoms with E-state index < -0.39 is 80.9 Å². The van der Waals surface area contributed by atoms with E-state index in [4.69, 9.17) is 4.74 Å². The van der Waals surface area contributed by atoms with Crippen LogP contribution in [-0.4, -0.2) is 5.97 Å². The minimum absolute atomic E-state index is 0.197. The lowest BCUT2D eigenvalue weighted by molar-refractivity contribution is -0.140. The molecule has 0 atom stereocenters. The molecule has 3 rings (SSSR count). The largest absolute Gasteiger partial charge is 0.420 e. The Kier molecular flexibility index (Phi) is 14.0. The lowest BCUT2D eigenvalue weighted by Crippen LogP contribution is -2.26. The van der Waals surface area contributed by atoms with Crippen LogP contribution in [0.5, 0.6) is 5.75 Å². The van der Waals surface area contributed by atoms with Gasteiger partial charge in [0.2, 0.25) is 17.4 Å². The van der Waals surface area contributed by atoms with E-state index in [1.54, 1.807) is 0 Å². The summed E-state index contributed by atoms with van der Waals surface area (Å²) in [5.74, 6) is -20.5. The lowest BCUT2D eigenvalue weighted by atomic mass is 9.80. The van der Waals surface area contributed by atoms with Crippen molar-refractivity contribution < 1.29 is 44.7 Å². The third kappa shape index (κ3) is 8.53. The van der Waals surface area contributed by atoms with Crippen LogP contribution in [0.1, 0.15) is 122 Å². The molecule has 0 bridgehead atoms. The molecule has 2 nitrogen and oxygen atoms in total. The van der Waals surface area contributed by atoms with Gasteiger partial charge < -0.3 is 4.74 Å². The number of hydrogen-bond acceptors (Lipinski definition) is 2. The normalized spacial score (nSPS) is 16.9. The zero-order chi connectivity index (χ0) is 32.4. The fourth-order valence-corrected chi connectivity index (χ4v) is 6.03. The molecule has 0 spiro atoms. The molecule has 0 saturated heterocycles. The van der Waals surface area contributed by atoms with Crippen molar-refractivity contribution in [3.63, 3.8) is 0 Å². The van der Waals surface area contributed by atoms with E-state index in [0.717, 1.165) is 57.8 Å². The Labute approximate surface area is 254 Å². The first kappa shape index (κ1) is 35.8. The van der Waals surface area contributed by atoms with Gasteiger partial charge in [0.15, 0.2) is 34.9 Å². The number of halogens is 8. The predicted octanol–water partition coefficient (Wildman–Crippen LogP) is 11.4. The summed E-state index contributed by atoms with van der Waals surface area (Å²) in [6.07, 6.45) is 12.7. The molecule has 0 aliphatic heterocycles. The highest BCUT2D eigenvalue weighted by Gasteiger charge is 2.36. The molecular weight excluding hydrogens is 592 g/mol. The Bertz CT molecular complexity index is 1210. The summed E-state index contributed by atoms with van der Waals surface area (Å²) in [4.78, 5) is 12.7. The average Bonchev–Trinajstić information content (AvgIpc) is 3.02. The third-order valence-electron chi connectivity index (χ3n) is 8.71. The van der Waals surface area contributed by atoms with Gasteiger partial charge in [-0.3, -0.25) is 4.79 Å². The van der Waals surface area contributed by atoms with Gasteiger partial charge in [-0.25, -0.2) is 26.3 Å². The molecule has 44 heavy (non-hydrogen) atoms. The minimum Gasteiger partial charge on any atom is -0.420 e. The van der Waals surface area contributed by atoms with Crippen LogP contribution in [0.25, 0.3) is 11.1 Å². The fraction of sp³-hybridized carbons (Fsp3) is 0.618. The van der Waals surface area contributed by atoms with Gasteiger partial charge in [-0.05, 0) is 44.4 Å². The Hall–Kier alpha value is -2.65. The molecule has 1 fully saturated rings. The van der Waals surface area contributed by atoms with Crippen molar-refractivity contribution in [1.29, 1.82) is 0 Å². The van der Waals surface area contributed by atoms with Crippen LogP contribution in [0.4, 0.5) is 35.1 Å². The number of ether oxygens (including phenoxy) is 1. The maximum Gasteiger partial charge on any atom is 0.314 e. The number of esters is 1. The van der Waals surface area contributed by atoms with Gasteiger partial charge in [-0.1, -0.05) is 84.5 Å². The minimum atomic E-state index is -2.35. The van der Waals surface area contributed by atoms with Crippen molar-refractivity contribution in [2.24, 2.45) is 11.8 Å². The van der Waals surface area contributed by atoms with E-state index in [1.807, 2.05) is 6.92 Å². The van der Waals surface area contributed by atoms with E-state index in [0.29, 0.717) is 38.0 Å². The van der Waals surface area contributed by atoms with Gasteiger partial charge >= 0.3 is 5.97 Å². The molecular formula is C34H42F8O2. The Morgan fingerprint density at radius 1 is 0.568 bits per heavy atom. The number of benzene rings is 2. The second kappa shape index (κ2) is 17.2.